The summed E-state index contributed by atoms with van der Waals surface area (Å²) in [6, 6.07) is 15.8. The molecule has 0 saturated heterocycles. The average molecular weight is 452 g/mol. The summed E-state index contributed by atoms with van der Waals surface area (Å²) in [6.07, 6.45) is 0.986. The van der Waals surface area contributed by atoms with Gasteiger partial charge < -0.3 is 4.90 Å². The van der Waals surface area contributed by atoms with Crippen molar-refractivity contribution in [3.8, 4) is 0 Å². The van der Waals surface area contributed by atoms with Crippen molar-refractivity contribution in [2.24, 2.45) is 0 Å². The highest BCUT2D eigenvalue weighted by Gasteiger charge is 2.25. The van der Waals surface area contributed by atoms with Crippen molar-refractivity contribution in [3.05, 3.63) is 75.8 Å². The van der Waals surface area contributed by atoms with E-state index in [1.165, 1.54) is 5.56 Å². The Hall–Kier alpha value is -2.95. The van der Waals surface area contributed by atoms with Gasteiger partial charge in [-0.3, -0.25) is 14.2 Å². The molecule has 33 heavy (non-hydrogen) atoms. The molecule has 0 atom stereocenters. The maximum absolute atomic E-state index is 12.1. The van der Waals surface area contributed by atoms with Crippen LogP contribution in [0, 0.1) is 6.92 Å². The predicted molar refractivity (Wildman–Crippen MR) is 140 cm³/mol. The summed E-state index contributed by atoms with van der Waals surface area (Å²) in [7, 11) is 0. The minimum absolute atomic E-state index is 0.0492. The molecule has 1 amide bonds. The van der Waals surface area contributed by atoms with Crippen LogP contribution in [0.5, 0.6) is 0 Å². The van der Waals surface area contributed by atoms with E-state index in [1.54, 1.807) is 4.57 Å². The molecule has 0 fully saturated rings. The SMILES string of the molecule is CC.CC.CC(C)N1CCc2ccccc2C1=O.Cc1nc2ccccc2c(=O)n1C(C)C. The largest absolute Gasteiger partial charge is 0.336 e. The van der Waals surface area contributed by atoms with Gasteiger partial charge in [-0.25, -0.2) is 4.98 Å². The zero-order chi connectivity index (χ0) is 25.1. The van der Waals surface area contributed by atoms with Crippen LogP contribution < -0.4 is 5.56 Å². The number of aryl methyl sites for hydroxylation is 1. The summed E-state index contributed by atoms with van der Waals surface area (Å²) in [5, 5.41) is 0.691. The molecule has 180 valence electrons. The van der Waals surface area contributed by atoms with E-state index in [-0.39, 0.29) is 17.5 Å². The molecule has 0 unspecified atom stereocenters. The number of para-hydroxylation sites is 1. The van der Waals surface area contributed by atoms with E-state index in [1.807, 2.05) is 102 Å². The fraction of sp³-hybridized carbons (Fsp3) is 0.464. The Kier molecular flexibility index (Phi) is 11.5. The lowest BCUT2D eigenvalue weighted by Gasteiger charge is -2.31. The van der Waals surface area contributed by atoms with Crippen LogP contribution in [0.1, 0.15) is 83.2 Å². The summed E-state index contributed by atoms with van der Waals surface area (Å²) < 4.78 is 1.72. The molecule has 2 heterocycles. The van der Waals surface area contributed by atoms with Crippen LogP contribution in [-0.4, -0.2) is 32.9 Å². The highest BCUT2D eigenvalue weighted by atomic mass is 16.2. The van der Waals surface area contributed by atoms with Crippen molar-refractivity contribution in [3.63, 3.8) is 0 Å². The number of rotatable bonds is 2. The van der Waals surface area contributed by atoms with Crippen molar-refractivity contribution >= 4 is 16.8 Å². The summed E-state index contributed by atoms with van der Waals surface area (Å²) in [5.41, 5.74) is 2.90. The second-order valence-electron chi connectivity index (χ2n) is 7.94. The molecular formula is C28H41N3O2. The monoisotopic (exact) mass is 451 g/mol. The van der Waals surface area contributed by atoms with Gasteiger partial charge in [-0.15, -0.1) is 0 Å². The fourth-order valence-corrected chi connectivity index (χ4v) is 3.80. The number of benzene rings is 2. The lowest BCUT2D eigenvalue weighted by atomic mass is 9.98. The van der Waals surface area contributed by atoms with Gasteiger partial charge in [0.05, 0.1) is 10.9 Å². The fourth-order valence-electron chi connectivity index (χ4n) is 3.80. The van der Waals surface area contributed by atoms with Gasteiger partial charge in [0, 0.05) is 24.2 Å². The zero-order valence-electron chi connectivity index (χ0n) is 21.8. The highest BCUT2D eigenvalue weighted by Crippen LogP contribution is 2.20. The van der Waals surface area contributed by atoms with Gasteiger partial charge >= 0.3 is 0 Å². The first-order chi connectivity index (χ1) is 15.8. The molecule has 0 bridgehead atoms. The molecule has 1 aliphatic heterocycles. The zero-order valence-corrected chi connectivity index (χ0v) is 21.8. The maximum atomic E-state index is 12.1. The third-order valence-electron chi connectivity index (χ3n) is 5.25. The summed E-state index contributed by atoms with van der Waals surface area (Å²) >= 11 is 0. The second kappa shape index (κ2) is 13.6. The lowest BCUT2D eigenvalue weighted by molar-refractivity contribution is 0.0688. The molecule has 1 aromatic heterocycles. The summed E-state index contributed by atoms with van der Waals surface area (Å²) in [4.78, 5) is 30.5. The summed E-state index contributed by atoms with van der Waals surface area (Å²) in [5.74, 6) is 0.954. The standard InChI is InChI=1S/C12H14N2O.C12H15NO.2C2H6/c1-8(2)14-9(3)13-11-7-5-4-6-10(11)12(14)15;1-9(2)13-8-7-10-5-3-4-6-11(10)12(13)14;2*1-2/h4-8H,1-3H3;3-6,9H,7-8H2,1-2H3;2*1-2H3. The number of carbonyl (C=O) groups excluding carboxylic acids is 1. The van der Waals surface area contributed by atoms with Crippen LogP contribution >= 0.6 is 0 Å². The number of aromatic nitrogens is 2. The number of nitrogens with zero attached hydrogens (tertiary/aromatic N) is 3. The van der Waals surface area contributed by atoms with Crippen LogP contribution in [0.2, 0.25) is 0 Å². The minimum atomic E-state index is 0.0492. The van der Waals surface area contributed by atoms with Gasteiger partial charge in [0.15, 0.2) is 0 Å². The van der Waals surface area contributed by atoms with Gasteiger partial charge in [0.25, 0.3) is 11.5 Å². The van der Waals surface area contributed by atoms with Gasteiger partial charge in [-0.2, -0.15) is 0 Å². The molecule has 1 aliphatic rings. The van der Waals surface area contributed by atoms with Crippen molar-refractivity contribution in [2.45, 2.75) is 80.8 Å². The van der Waals surface area contributed by atoms with E-state index in [2.05, 4.69) is 18.8 Å². The van der Waals surface area contributed by atoms with E-state index >= 15 is 0 Å². The molecule has 3 aromatic rings. The van der Waals surface area contributed by atoms with Crippen molar-refractivity contribution in [2.75, 3.05) is 6.54 Å². The first-order valence-corrected chi connectivity index (χ1v) is 12.2. The van der Waals surface area contributed by atoms with E-state index in [4.69, 9.17) is 0 Å². The molecule has 0 spiro atoms. The van der Waals surface area contributed by atoms with Gasteiger partial charge in [-0.05, 0) is 64.8 Å². The Morgan fingerprint density at radius 1 is 0.818 bits per heavy atom. The van der Waals surface area contributed by atoms with Crippen LogP contribution in [0.15, 0.2) is 53.3 Å². The Bertz CT molecular complexity index is 1080. The first-order valence-electron chi connectivity index (χ1n) is 12.2. The molecular weight excluding hydrogens is 410 g/mol. The number of carbonyl (C=O) groups is 1. The number of hydrogen-bond acceptors (Lipinski definition) is 3. The Labute approximate surface area is 199 Å². The third kappa shape index (κ3) is 6.77. The van der Waals surface area contributed by atoms with Crippen LogP contribution in [-0.2, 0) is 6.42 Å². The summed E-state index contributed by atoms with van der Waals surface area (Å²) in [6.45, 7) is 18.8. The van der Waals surface area contributed by atoms with Crippen molar-refractivity contribution in [1.29, 1.82) is 0 Å². The lowest BCUT2D eigenvalue weighted by Crippen LogP contribution is -2.41. The Morgan fingerprint density at radius 2 is 1.39 bits per heavy atom. The quantitative estimate of drug-likeness (QED) is 0.451. The molecule has 0 aliphatic carbocycles. The molecule has 5 heteroatoms. The van der Waals surface area contributed by atoms with Gasteiger partial charge in [-0.1, -0.05) is 58.0 Å². The third-order valence-corrected chi connectivity index (χ3v) is 5.25. The van der Waals surface area contributed by atoms with E-state index < -0.39 is 0 Å². The topological polar surface area (TPSA) is 55.2 Å². The van der Waals surface area contributed by atoms with E-state index in [0.717, 1.165) is 29.9 Å². The first kappa shape index (κ1) is 28.1. The van der Waals surface area contributed by atoms with Crippen molar-refractivity contribution in [1.82, 2.24) is 14.5 Å². The molecule has 4 rings (SSSR count). The molecule has 0 radical (unpaired) electrons. The number of amides is 1. The molecule has 2 aromatic carbocycles. The van der Waals surface area contributed by atoms with Crippen LogP contribution in [0.3, 0.4) is 0 Å². The highest BCUT2D eigenvalue weighted by molar-refractivity contribution is 5.96. The van der Waals surface area contributed by atoms with Gasteiger partial charge in [0.1, 0.15) is 5.82 Å². The Morgan fingerprint density at radius 3 is 2.00 bits per heavy atom. The number of hydrogen-bond donors (Lipinski definition) is 0. The molecule has 0 saturated carbocycles. The predicted octanol–water partition coefficient (Wildman–Crippen LogP) is 6.43. The van der Waals surface area contributed by atoms with E-state index in [0.29, 0.717) is 11.4 Å². The molecule has 0 N–H and O–H groups in total. The van der Waals surface area contributed by atoms with Crippen molar-refractivity contribution < 1.29 is 4.79 Å². The second-order valence-corrected chi connectivity index (χ2v) is 7.94. The van der Waals surface area contributed by atoms with E-state index in [9.17, 15) is 9.59 Å². The minimum Gasteiger partial charge on any atom is -0.336 e. The van der Waals surface area contributed by atoms with Crippen LogP contribution in [0.4, 0.5) is 0 Å². The smallest absolute Gasteiger partial charge is 0.261 e. The molecule has 5 nitrogen and oxygen atoms in total. The average Bonchev–Trinajstić information content (AvgIpc) is 2.82. The maximum Gasteiger partial charge on any atom is 0.261 e. The Balaban J connectivity index is 0.000000288. The normalized spacial score (nSPS) is 12.2. The van der Waals surface area contributed by atoms with Crippen LogP contribution in [0.25, 0.3) is 10.9 Å². The van der Waals surface area contributed by atoms with Gasteiger partial charge in [0.2, 0.25) is 0 Å². The number of fused-ring (bicyclic) bond motifs is 2.